The molecule has 0 aromatic heterocycles. The Bertz CT molecular complexity index is 416. The van der Waals surface area contributed by atoms with Crippen LogP contribution in [-0.4, -0.2) is 24.2 Å². The zero-order valence-electron chi connectivity index (χ0n) is 11.8. The number of primary amides is 1. The molecule has 0 saturated heterocycles. The van der Waals surface area contributed by atoms with Crippen LogP contribution in [0.3, 0.4) is 0 Å². The topological polar surface area (TPSA) is 75.3 Å². The molecule has 0 bridgehead atoms. The maximum Gasteiger partial charge on any atom is 0.249 e. The summed E-state index contributed by atoms with van der Waals surface area (Å²) in [5.74, 6) is -0.392. The molecular formula is C15H24N2O2. The van der Waals surface area contributed by atoms with Crippen LogP contribution in [-0.2, 0) is 6.54 Å². The van der Waals surface area contributed by atoms with E-state index in [9.17, 15) is 4.79 Å². The zero-order chi connectivity index (χ0) is 14.3. The molecule has 0 atom stereocenters. The van der Waals surface area contributed by atoms with Crippen molar-refractivity contribution in [1.29, 1.82) is 0 Å². The maximum absolute atomic E-state index is 11.3. The summed E-state index contributed by atoms with van der Waals surface area (Å²) in [7, 11) is 0. The lowest BCUT2D eigenvalue weighted by Gasteiger charge is -2.25. The van der Waals surface area contributed by atoms with Gasteiger partial charge in [-0.1, -0.05) is 32.0 Å². The molecule has 1 aromatic rings. The molecule has 1 amide bonds. The Balaban J connectivity index is 2.51. The highest BCUT2D eigenvalue weighted by Gasteiger charge is 2.17. The second kappa shape index (κ2) is 7.26. The minimum Gasteiger partial charge on any atom is -0.396 e. The quantitative estimate of drug-likeness (QED) is 0.668. The van der Waals surface area contributed by atoms with Gasteiger partial charge in [-0.15, -0.1) is 0 Å². The van der Waals surface area contributed by atoms with Crippen LogP contribution in [0.15, 0.2) is 24.3 Å². The highest BCUT2D eigenvalue weighted by molar-refractivity contribution is 5.94. The summed E-state index contributed by atoms with van der Waals surface area (Å²) in [6.07, 6.45) is 1.78. The summed E-state index contributed by atoms with van der Waals surface area (Å²) >= 11 is 0. The first-order chi connectivity index (χ1) is 8.96. The van der Waals surface area contributed by atoms with Gasteiger partial charge in [-0.2, -0.15) is 0 Å². The van der Waals surface area contributed by atoms with Crippen LogP contribution in [0.2, 0.25) is 0 Å². The average molecular weight is 264 g/mol. The van der Waals surface area contributed by atoms with Gasteiger partial charge in [0.2, 0.25) is 5.91 Å². The van der Waals surface area contributed by atoms with Gasteiger partial charge in [0.25, 0.3) is 0 Å². The summed E-state index contributed by atoms with van der Waals surface area (Å²) in [6.45, 7) is 6.01. The van der Waals surface area contributed by atoms with Gasteiger partial charge in [0.05, 0.1) is 0 Å². The Morgan fingerprint density at radius 3 is 2.68 bits per heavy atom. The Hall–Kier alpha value is -1.39. The fourth-order valence-electron chi connectivity index (χ4n) is 2.10. The number of nitrogens with two attached hydrogens (primary N) is 1. The van der Waals surface area contributed by atoms with Gasteiger partial charge in [-0.05, 0) is 29.9 Å². The van der Waals surface area contributed by atoms with Crippen molar-refractivity contribution in [2.75, 3.05) is 13.2 Å². The van der Waals surface area contributed by atoms with Crippen LogP contribution in [0, 0.1) is 5.41 Å². The van der Waals surface area contributed by atoms with Gasteiger partial charge in [0.1, 0.15) is 0 Å². The van der Waals surface area contributed by atoms with E-state index < -0.39 is 5.91 Å². The summed E-state index contributed by atoms with van der Waals surface area (Å²) < 4.78 is 0. The standard InChI is InChI=1S/C15H24N2O2/c1-15(2,8-5-9-18)11-17-10-12-6-3-4-7-13(12)14(16)19/h3-4,6-7,17-18H,5,8-11H2,1-2H3,(H2,16,19). The molecule has 1 rings (SSSR count). The SMILES string of the molecule is CC(C)(CCCO)CNCc1ccccc1C(N)=O. The van der Waals surface area contributed by atoms with Crippen LogP contribution < -0.4 is 11.1 Å². The average Bonchev–Trinajstić information content (AvgIpc) is 2.36. The van der Waals surface area contributed by atoms with Crippen molar-refractivity contribution in [3.63, 3.8) is 0 Å². The summed E-state index contributed by atoms with van der Waals surface area (Å²) in [5, 5.41) is 12.2. The molecule has 4 nitrogen and oxygen atoms in total. The van der Waals surface area contributed by atoms with Gasteiger partial charge < -0.3 is 16.2 Å². The highest BCUT2D eigenvalue weighted by atomic mass is 16.2. The van der Waals surface area contributed by atoms with Crippen LogP contribution >= 0.6 is 0 Å². The third kappa shape index (κ3) is 5.41. The summed E-state index contributed by atoms with van der Waals surface area (Å²) in [5.41, 5.74) is 6.97. The van der Waals surface area contributed by atoms with Crippen molar-refractivity contribution in [2.24, 2.45) is 11.1 Å². The van der Waals surface area contributed by atoms with Crippen molar-refractivity contribution in [3.05, 3.63) is 35.4 Å². The molecule has 0 heterocycles. The summed E-state index contributed by atoms with van der Waals surface area (Å²) in [4.78, 5) is 11.3. The maximum atomic E-state index is 11.3. The Morgan fingerprint density at radius 2 is 2.05 bits per heavy atom. The largest absolute Gasteiger partial charge is 0.396 e. The van der Waals surface area contributed by atoms with Gasteiger partial charge in [-0.3, -0.25) is 4.79 Å². The molecule has 0 aliphatic carbocycles. The molecule has 0 aliphatic heterocycles. The number of benzene rings is 1. The molecule has 0 saturated carbocycles. The fraction of sp³-hybridized carbons (Fsp3) is 0.533. The number of amides is 1. The number of nitrogens with one attached hydrogen (secondary N) is 1. The van der Waals surface area contributed by atoms with Crippen LogP contribution in [0.1, 0.15) is 42.6 Å². The predicted molar refractivity (Wildman–Crippen MR) is 76.8 cm³/mol. The van der Waals surface area contributed by atoms with E-state index in [1.165, 1.54) is 0 Å². The molecule has 0 spiro atoms. The molecular weight excluding hydrogens is 240 g/mol. The number of carbonyl (C=O) groups is 1. The minimum atomic E-state index is -0.392. The molecule has 4 heteroatoms. The minimum absolute atomic E-state index is 0.129. The normalized spacial score (nSPS) is 11.5. The lowest BCUT2D eigenvalue weighted by molar-refractivity contribution is 0.0999. The third-order valence-corrected chi connectivity index (χ3v) is 3.21. The van der Waals surface area contributed by atoms with Gasteiger partial charge in [0.15, 0.2) is 0 Å². The van der Waals surface area contributed by atoms with Crippen molar-refractivity contribution in [1.82, 2.24) is 5.32 Å². The van der Waals surface area contributed by atoms with Crippen LogP contribution in [0.4, 0.5) is 0 Å². The van der Waals surface area contributed by atoms with Crippen LogP contribution in [0.5, 0.6) is 0 Å². The van der Waals surface area contributed by atoms with E-state index in [4.69, 9.17) is 10.8 Å². The Kier molecular flexibility index (Phi) is 5.99. The van der Waals surface area contributed by atoms with Crippen LogP contribution in [0.25, 0.3) is 0 Å². The van der Waals surface area contributed by atoms with E-state index in [0.29, 0.717) is 12.1 Å². The van der Waals surface area contributed by atoms with E-state index in [0.717, 1.165) is 24.9 Å². The number of aliphatic hydroxyl groups is 1. The molecule has 0 aliphatic rings. The number of hydrogen-bond acceptors (Lipinski definition) is 3. The van der Waals surface area contributed by atoms with Gasteiger partial charge in [0, 0.05) is 25.3 Å². The smallest absolute Gasteiger partial charge is 0.249 e. The highest BCUT2D eigenvalue weighted by Crippen LogP contribution is 2.21. The number of aliphatic hydroxyl groups excluding tert-OH is 1. The van der Waals surface area contributed by atoms with Crippen molar-refractivity contribution < 1.29 is 9.90 Å². The first-order valence-electron chi connectivity index (χ1n) is 6.65. The van der Waals surface area contributed by atoms with E-state index in [-0.39, 0.29) is 12.0 Å². The zero-order valence-corrected chi connectivity index (χ0v) is 11.8. The molecule has 19 heavy (non-hydrogen) atoms. The Morgan fingerprint density at radius 1 is 1.37 bits per heavy atom. The first kappa shape index (κ1) is 15.7. The Labute approximate surface area is 115 Å². The number of rotatable bonds is 8. The fourth-order valence-corrected chi connectivity index (χ4v) is 2.10. The van der Waals surface area contributed by atoms with Crippen molar-refractivity contribution in [3.8, 4) is 0 Å². The lowest BCUT2D eigenvalue weighted by atomic mass is 9.88. The second-order valence-electron chi connectivity index (χ2n) is 5.62. The lowest BCUT2D eigenvalue weighted by Crippen LogP contribution is -2.30. The second-order valence-corrected chi connectivity index (χ2v) is 5.62. The van der Waals surface area contributed by atoms with E-state index in [1.54, 1.807) is 6.07 Å². The van der Waals surface area contributed by atoms with Crippen molar-refractivity contribution in [2.45, 2.75) is 33.2 Å². The molecule has 1 aromatic carbocycles. The van der Waals surface area contributed by atoms with E-state index >= 15 is 0 Å². The number of hydrogen-bond donors (Lipinski definition) is 3. The molecule has 0 fully saturated rings. The van der Waals surface area contributed by atoms with Crippen molar-refractivity contribution >= 4 is 5.91 Å². The first-order valence-corrected chi connectivity index (χ1v) is 6.65. The third-order valence-electron chi connectivity index (χ3n) is 3.21. The number of carbonyl (C=O) groups excluding carboxylic acids is 1. The molecule has 4 N–H and O–H groups in total. The molecule has 0 unspecified atom stereocenters. The van der Waals surface area contributed by atoms with E-state index in [2.05, 4.69) is 19.2 Å². The molecule has 106 valence electrons. The van der Waals surface area contributed by atoms with Gasteiger partial charge in [-0.25, -0.2) is 0 Å². The predicted octanol–water partition coefficient (Wildman–Crippen LogP) is 1.67. The van der Waals surface area contributed by atoms with E-state index in [1.807, 2.05) is 18.2 Å². The monoisotopic (exact) mass is 264 g/mol. The summed E-state index contributed by atoms with van der Waals surface area (Å²) in [6, 6.07) is 7.37. The molecule has 0 radical (unpaired) electrons. The van der Waals surface area contributed by atoms with Gasteiger partial charge >= 0.3 is 0 Å².